The third kappa shape index (κ3) is 2.35. The second-order valence-electron chi connectivity index (χ2n) is 4.97. The molecular weight excluding hydrogens is 206 g/mol. The highest BCUT2D eigenvalue weighted by atomic mass is 16.5. The van der Waals surface area contributed by atoms with Crippen LogP contribution in [-0.2, 0) is 9.53 Å². The molecule has 1 aliphatic rings. The molecule has 1 aliphatic carbocycles. The first-order chi connectivity index (χ1) is 7.30. The number of nitriles is 1. The van der Waals surface area contributed by atoms with Crippen LogP contribution in [-0.4, -0.2) is 17.2 Å². The van der Waals surface area contributed by atoms with Crippen LogP contribution in [0.25, 0.3) is 0 Å². The Morgan fingerprint density at radius 1 is 1.56 bits per heavy atom. The Kier molecular flexibility index (Phi) is 3.27. The van der Waals surface area contributed by atoms with E-state index in [1.54, 1.807) is 6.08 Å². The first-order valence-corrected chi connectivity index (χ1v) is 5.32. The van der Waals surface area contributed by atoms with Crippen LogP contribution in [0, 0.1) is 28.6 Å². The van der Waals surface area contributed by atoms with Crippen molar-refractivity contribution in [3.05, 3.63) is 11.8 Å². The zero-order valence-corrected chi connectivity index (χ0v) is 10.0. The first kappa shape index (κ1) is 12.6. The molecule has 0 unspecified atom stereocenters. The lowest BCUT2D eigenvalue weighted by Crippen LogP contribution is -2.03. The van der Waals surface area contributed by atoms with Crippen molar-refractivity contribution in [2.75, 3.05) is 0 Å². The smallest absolute Gasteiger partial charge is 0.307 e. The number of rotatable bonds is 4. The molecule has 88 valence electrons. The third-order valence-electron chi connectivity index (χ3n) is 2.98. The minimum absolute atomic E-state index is 0.0731. The van der Waals surface area contributed by atoms with Crippen molar-refractivity contribution in [3.63, 3.8) is 0 Å². The average Bonchev–Trinajstić information content (AvgIpc) is 2.66. The van der Waals surface area contributed by atoms with Crippen LogP contribution in [0.15, 0.2) is 11.8 Å². The summed E-state index contributed by atoms with van der Waals surface area (Å²) in [7, 11) is 0. The van der Waals surface area contributed by atoms with Gasteiger partial charge in [-0.3, -0.25) is 4.79 Å². The summed E-state index contributed by atoms with van der Waals surface area (Å²) in [6.45, 7) is 7.43. The van der Waals surface area contributed by atoms with E-state index in [0.717, 1.165) is 0 Å². The molecule has 1 N–H and O–H groups in total. The largest absolute Gasteiger partial charge is 0.481 e. The van der Waals surface area contributed by atoms with E-state index in [2.05, 4.69) is 0 Å². The number of nitrogens with zero attached hydrogens (tertiary/aromatic N) is 1. The van der Waals surface area contributed by atoms with E-state index in [9.17, 15) is 4.79 Å². The molecule has 2 atom stereocenters. The lowest BCUT2D eigenvalue weighted by molar-refractivity contribution is -0.139. The molecule has 0 radical (unpaired) electrons. The van der Waals surface area contributed by atoms with Crippen LogP contribution < -0.4 is 0 Å². The fourth-order valence-electron chi connectivity index (χ4n) is 1.98. The Hall–Kier alpha value is -1.50. The maximum atomic E-state index is 10.9. The van der Waals surface area contributed by atoms with Crippen LogP contribution in [0.3, 0.4) is 0 Å². The van der Waals surface area contributed by atoms with Gasteiger partial charge in [-0.1, -0.05) is 13.8 Å². The van der Waals surface area contributed by atoms with Crippen LogP contribution >= 0.6 is 0 Å². The van der Waals surface area contributed by atoms with E-state index in [-0.39, 0.29) is 23.2 Å². The van der Waals surface area contributed by atoms with E-state index in [0.29, 0.717) is 0 Å². The van der Waals surface area contributed by atoms with E-state index < -0.39 is 11.9 Å². The lowest BCUT2D eigenvalue weighted by atomic mass is 10.1. The molecular formula is C12H17NO3. The standard InChI is InChI=1S/C12H17NO3/c1-7(2)16-8(6-13)5-9-10(11(14)15)12(9,3)4/h5,7,9-10H,1-4H3,(H,14,15)/t9-,10+/m1/s1. The zero-order valence-electron chi connectivity index (χ0n) is 10.0. The zero-order chi connectivity index (χ0) is 12.5. The Labute approximate surface area is 95.5 Å². The molecule has 0 aromatic heterocycles. The van der Waals surface area contributed by atoms with E-state index in [1.807, 2.05) is 33.8 Å². The third-order valence-corrected chi connectivity index (χ3v) is 2.98. The van der Waals surface area contributed by atoms with Gasteiger partial charge in [0.1, 0.15) is 6.07 Å². The van der Waals surface area contributed by atoms with Gasteiger partial charge in [-0.25, -0.2) is 0 Å². The maximum Gasteiger partial charge on any atom is 0.307 e. The number of hydrogen-bond donors (Lipinski definition) is 1. The second-order valence-corrected chi connectivity index (χ2v) is 4.97. The normalized spacial score (nSPS) is 27.4. The van der Waals surface area contributed by atoms with Crippen molar-refractivity contribution in [1.82, 2.24) is 0 Å². The quantitative estimate of drug-likeness (QED) is 0.585. The van der Waals surface area contributed by atoms with E-state index in [4.69, 9.17) is 15.1 Å². The molecule has 0 saturated heterocycles. The Balaban J connectivity index is 2.78. The summed E-state index contributed by atoms with van der Waals surface area (Å²) in [6.07, 6.45) is 1.56. The molecule has 0 amide bonds. The molecule has 1 rings (SSSR count). The van der Waals surface area contributed by atoms with Crippen molar-refractivity contribution < 1.29 is 14.6 Å². The van der Waals surface area contributed by atoms with Gasteiger partial charge in [0.15, 0.2) is 5.76 Å². The molecule has 0 aliphatic heterocycles. The molecule has 1 saturated carbocycles. The monoisotopic (exact) mass is 223 g/mol. The number of hydrogen-bond acceptors (Lipinski definition) is 3. The van der Waals surface area contributed by atoms with Gasteiger partial charge < -0.3 is 9.84 Å². The van der Waals surface area contributed by atoms with Crippen molar-refractivity contribution >= 4 is 5.97 Å². The van der Waals surface area contributed by atoms with Crippen LogP contribution in [0.4, 0.5) is 0 Å². The lowest BCUT2D eigenvalue weighted by Gasteiger charge is -2.07. The highest BCUT2D eigenvalue weighted by Gasteiger charge is 2.61. The van der Waals surface area contributed by atoms with Gasteiger partial charge >= 0.3 is 5.97 Å². The van der Waals surface area contributed by atoms with Crippen LogP contribution in [0.5, 0.6) is 0 Å². The highest BCUT2D eigenvalue weighted by Crippen LogP contribution is 2.59. The van der Waals surface area contributed by atoms with Gasteiger partial charge in [-0.2, -0.15) is 5.26 Å². The van der Waals surface area contributed by atoms with Crippen LogP contribution in [0.2, 0.25) is 0 Å². The summed E-state index contributed by atoms with van der Waals surface area (Å²) in [4.78, 5) is 10.9. The SMILES string of the molecule is CC(C)OC(C#N)=C[C@@H]1[C@@H](C(=O)O)C1(C)C. The summed E-state index contributed by atoms with van der Waals surface area (Å²) in [5.74, 6) is -1.12. The van der Waals surface area contributed by atoms with Crippen molar-refractivity contribution in [2.24, 2.45) is 17.3 Å². The summed E-state index contributed by atoms with van der Waals surface area (Å²) >= 11 is 0. The molecule has 1 fully saturated rings. The fourth-order valence-corrected chi connectivity index (χ4v) is 1.98. The van der Waals surface area contributed by atoms with Crippen LogP contribution in [0.1, 0.15) is 27.7 Å². The van der Waals surface area contributed by atoms with Gasteiger partial charge in [0.2, 0.25) is 0 Å². The molecule has 0 spiro atoms. The molecule has 0 bridgehead atoms. The number of aliphatic carboxylic acids is 1. The summed E-state index contributed by atoms with van der Waals surface area (Å²) in [6, 6.07) is 1.95. The van der Waals surface area contributed by atoms with Gasteiger partial charge in [0, 0.05) is 5.92 Å². The topological polar surface area (TPSA) is 70.3 Å². The molecule has 4 heteroatoms. The number of carboxylic acids is 1. The first-order valence-electron chi connectivity index (χ1n) is 5.32. The van der Waals surface area contributed by atoms with Gasteiger partial charge in [0.25, 0.3) is 0 Å². The number of carbonyl (C=O) groups is 1. The second kappa shape index (κ2) is 4.17. The Bertz CT molecular complexity index is 363. The number of ether oxygens (including phenoxy) is 1. The Morgan fingerprint density at radius 3 is 2.44 bits per heavy atom. The van der Waals surface area contributed by atoms with Crippen molar-refractivity contribution in [3.8, 4) is 6.07 Å². The predicted molar refractivity (Wildman–Crippen MR) is 58.3 cm³/mol. The van der Waals surface area contributed by atoms with Gasteiger partial charge in [-0.05, 0) is 25.3 Å². The molecule has 0 aromatic carbocycles. The minimum atomic E-state index is -0.812. The van der Waals surface area contributed by atoms with Gasteiger partial charge in [0.05, 0.1) is 12.0 Å². The summed E-state index contributed by atoms with van der Waals surface area (Å²) < 4.78 is 5.28. The average molecular weight is 223 g/mol. The minimum Gasteiger partial charge on any atom is -0.481 e. The number of carboxylic acid groups (broad SMARTS) is 1. The Morgan fingerprint density at radius 2 is 2.12 bits per heavy atom. The van der Waals surface area contributed by atoms with Crippen molar-refractivity contribution in [2.45, 2.75) is 33.8 Å². The molecule has 4 nitrogen and oxygen atoms in total. The van der Waals surface area contributed by atoms with E-state index in [1.165, 1.54) is 0 Å². The fraction of sp³-hybridized carbons (Fsp3) is 0.667. The summed E-state index contributed by atoms with van der Waals surface area (Å²) in [5.41, 5.74) is -0.283. The molecule has 0 heterocycles. The molecule has 16 heavy (non-hydrogen) atoms. The predicted octanol–water partition coefficient (Wildman–Crippen LogP) is 2.18. The summed E-state index contributed by atoms with van der Waals surface area (Å²) in [5, 5.41) is 17.8. The van der Waals surface area contributed by atoms with Crippen molar-refractivity contribution in [1.29, 1.82) is 5.26 Å². The maximum absolute atomic E-state index is 10.9. The highest BCUT2D eigenvalue weighted by molar-refractivity contribution is 5.76. The van der Waals surface area contributed by atoms with E-state index >= 15 is 0 Å². The molecule has 0 aromatic rings. The van der Waals surface area contributed by atoms with Gasteiger partial charge in [-0.15, -0.1) is 0 Å². The number of allylic oxidation sites excluding steroid dienone is 2.